The fraction of sp³-hybridized carbons (Fsp3) is 0.417. The van der Waals surface area contributed by atoms with E-state index in [1.165, 1.54) is 17.0 Å². The Morgan fingerprint density at radius 3 is 2.26 bits per heavy atom. The van der Waals surface area contributed by atoms with Crippen LogP contribution in [0.2, 0.25) is 0 Å². The molecule has 0 aromatic heterocycles. The number of nitrogens with one attached hydrogen (secondary N) is 1. The van der Waals surface area contributed by atoms with Gasteiger partial charge >= 0.3 is 6.03 Å². The maximum Gasteiger partial charge on any atom is 0.334 e. The van der Waals surface area contributed by atoms with Crippen LogP contribution in [0.3, 0.4) is 0 Å². The Morgan fingerprint density at radius 2 is 1.65 bits per heavy atom. The van der Waals surface area contributed by atoms with Gasteiger partial charge in [-0.05, 0) is 56.0 Å². The molecular formula is C24H31N3O6S. The van der Waals surface area contributed by atoms with Gasteiger partial charge in [0.1, 0.15) is 6.54 Å². The molecule has 3 amide bonds. The summed E-state index contributed by atoms with van der Waals surface area (Å²) in [6.45, 7) is 2.47. The van der Waals surface area contributed by atoms with E-state index in [0.29, 0.717) is 35.3 Å². The van der Waals surface area contributed by atoms with Crippen molar-refractivity contribution in [3.05, 3.63) is 53.6 Å². The molecule has 2 aromatic carbocycles. The van der Waals surface area contributed by atoms with Crippen LogP contribution in [-0.4, -0.2) is 70.0 Å². The predicted octanol–water partition coefficient (Wildman–Crippen LogP) is 2.58. The van der Waals surface area contributed by atoms with Gasteiger partial charge in [-0.3, -0.25) is 4.79 Å². The molecule has 0 saturated carbocycles. The number of sulfonamides is 1. The highest BCUT2D eigenvalue weighted by atomic mass is 32.2. The van der Waals surface area contributed by atoms with Crippen LogP contribution in [-0.2, 0) is 21.2 Å². The zero-order chi connectivity index (χ0) is 24.7. The van der Waals surface area contributed by atoms with Crippen LogP contribution in [0.1, 0.15) is 24.0 Å². The van der Waals surface area contributed by atoms with Crippen molar-refractivity contribution in [3.8, 4) is 11.5 Å². The number of rotatable bonds is 9. The quantitative estimate of drug-likeness (QED) is 0.581. The van der Waals surface area contributed by atoms with Gasteiger partial charge in [0.15, 0.2) is 11.5 Å². The summed E-state index contributed by atoms with van der Waals surface area (Å²) >= 11 is 0. The Hall–Kier alpha value is -3.27. The van der Waals surface area contributed by atoms with E-state index in [2.05, 4.69) is 5.32 Å². The van der Waals surface area contributed by atoms with E-state index < -0.39 is 28.5 Å². The Balaban J connectivity index is 1.70. The Morgan fingerprint density at radius 1 is 1.00 bits per heavy atom. The first-order chi connectivity index (χ1) is 16.3. The number of carbonyl (C=O) groups is 2. The number of ether oxygens (including phenoxy) is 2. The average Bonchev–Trinajstić information content (AvgIpc) is 3.37. The second-order valence-electron chi connectivity index (χ2n) is 8.09. The molecule has 1 aliphatic rings. The Bertz CT molecular complexity index is 1110. The molecule has 1 N–H and O–H groups in total. The predicted molar refractivity (Wildman–Crippen MR) is 128 cm³/mol. The molecule has 2 aromatic rings. The van der Waals surface area contributed by atoms with E-state index in [0.717, 1.165) is 24.0 Å². The first kappa shape index (κ1) is 25.4. The van der Waals surface area contributed by atoms with Crippen LogP contribution in [0.25, 0.3) is 0 Å². The number of likely N-dealkylation sites (tertiary alicyclic amines) is 1. The summed E-state index contributed by atoms with van der Waals surface area (Å²) in [5, 5.41) is 2.72. The zero-order valence-electron chi connectivity index (χ0n) is 19.7. The third-order valence-electron chi connectivity index (χ3n) is 5.67. The monoisotopic (exact) mass is 489 g/mol. The fourth-order valence-corrected chi connectivity index (χ4v) is 5.07. The minimum absolute atomic E-state index is 0.0243. The number of nitrogens with zero attached hydrogens (tertiary/aromatic N) is 2. The van der Waals surface area contributed by atoms with E-state index in [-0.39, 0.29) is 11.4 Å². The Labute approximate surface area is 200 Å². The molecule has 184 valence electrons. The first-order valence-electron chi connectivity index (χ1n) is 11.1. The largest absolute Gasteiger partial charge is 0.493 e. The minimum atomic E-state index is -4.19. The second-order valence-corrected chi connectivity index (χ2v) is 9.95. The summed E-state index contributed by atoms with van der Waals surface area (Å²) in [7, 11) is -1.09. The summed E-state index contributed by atoms with van der Waals surface area (Å²) in [5.41, 5.74) is 1.81. The number of hydrogen-bond acceptors (Lipinski definition) is 6. The van der Waals surface area contributed by atoms with Gasteiger partial charge in [0, 0.05) is 19.6 Å². The normalized spacial score (nSPS) is 13.4. The van der Waals surface area contributed by atoms with Crippen LogP contribution in [0.5, 0.6) is 11.5 Å². The highest BCUT2D eigenvalue weighted by Crippen LogP contribution is 2.27. The van der Waals surface area contributed by atoms with Gasteiger partial charge in [-0.15, -0.1) is 0 Å². The molecule has 0 aliphatic carbocycles. The molecule has 1 heterocycles. The molecule has 0 unspecified atom stereocenters. The smallest absolute Gasteiger partial charge is 0.334 e. The molecule has 1 saturated heterocycles. The van der Waals surface area contributed by atoms with Crippen LogP contribution < -0.4 is 14.8 Å². The lowest BCUT2D eigenvalue weighted by Crippen LogP contribution is -2.49. The van der Waals surface area contributed by atoms with Crippen molar-refractivity contribution in [2.75, 3.05) is 40.4 Å². The molecule has 3 rings (SSSR count). The number of methoxy groups -OCH3 is 2. The summed E-state index contributed by atoms with van der Waals surface area (Å²) in [4.78, 5) is 27.2. The Kier molecular flexibility index (Phi) is 8.38. The van der Waals surface area contributed by atoms with E-state index >= 15 is 0 Å². The van der Waals surface area contributed by atoms with Gasteiger partial charge in [-0.25, -0.2) is 17.5 Å². The number of benzene rings is 2. The van der Waals surface area contributed by atoms with Crippen LogP contribution >= 0.6 is 0 Å². The van der Waals surface area contributed by atoms with Gasteiger partial charge in [-0.2, -0.15) is 0 Å². The lowest BCUT2D eigenvalue weighted by atomic mass is 10.1. The third kappa shape index (κ3) is 5.99. The fourth-order valence-electron chi connectivity index (χ4n) is 3.73. The maximum atomic E-state index is 13.3. The number of aryl methyl sites for hydroxylation is 1. The lowest BCUT2D eigenvalue weighted by Gasteiger charge is -2.27. The number of urea groups is 1. The van der Waals surface area contributed by atoms with Crippen molar-refractivity contribution in [1.29, 1.82) is 0 Å². The standard InChI is InChI=1S/C24H31N3O6S/c1-18-6-9-20(10-7-18)34(30,31)27(24(29)26-14-4-5-15-26)17-23(28)25-13-12-19-8-11-21(32-2)22(16-19)33-3/h6-11,16H,4-5,12-15,17H2,1-3H3,(H,25,28). The highest BCUT2D eigenvalue weighted by Gasteiger charge is 2.35. The maximum absolute atomic E-state index is 13.3. The van der Waals surface area contributed by atoms with Gasteiger partial charge in [-0.1, -0.05) is 23.8 Å². The van der Waals surface area contributed by atoms with Gasteiger partial charge < -0.3 is 19.7 Å². The number of amides is 3. The highest BCUT2D eigenvalue weighted by molar-refractivity contribution is 7.89. The summed E-state index contributed by atoms with van der Waals surface area (Å²) in [6.07, 6.45) is 2.11. The van der Waals surface area contributed by atoms with Gasteiger partial charge in [0.2, 0.25) is 5.91 Å². The van der Waals surface area contributed by atoms with Crippen molar-refractivity contribution in [2.24, 2.45) is 0 Å². The molecule has 10 heteroatoms. The van der Waals surface area contributed by atoms with Crippen LogP contribution in [0, 0.1) is 6.92 Å². The number of hydrogen-bond donors (Lipinski definition) is 1. The van der Waals surface area contributed by atoms with E-state index in [4.69, 9.17) is 9.47 Å². The van der Waals surface area contributed by atoms with Crippen LogP contribution in [0.4, 0.5) is 4.79 Å². The van der Waals surface area contributed by atoms with E-state index in [1.54, 1.807) is 32.4 Å². The molecule has 0 radical (unpaired) electrons. The average molecular weight is 490 g/mol. The number of carbonyl (C=O) groups excluding carboxylic acids is 2. The summed E-state index contributed by atoms with van der Waals surface area (Å²) in [5.74, 6) is 0.634. The van der Waals surface area contributed by atoms with Crippen molar-refractivity contribution >= 4 is 22.0 Å². The SMILES string of the molecule is COc1ccc(CCNC(=O)CN(C(=O)N2CCCC2)S(=O)(=O)c2ccc(C)cc2)cc1OC. The molecule has 0 atom stereocenters. The second kappa shape index (κ2) is 11.2. The lowest BCUT2D eigenvalue weighted by molar-refractivity contribution is -0.121. The summed E-state index contributed by atoms with van der Waals surface area (Å²) < 4.78 is 37.7. The van der Waals surface area contributed by atoms with Gasteiger partial charge in [0.05, 0.1) is 19.1 Å². The summed E-state index contributed by atoms with van der Waals surface area (Å²) in [6, 6.07) is 11.0. The van der Waals surface area contributed by atoms with Crippen molar-refractivity contribution < 1.29 is 27.5 Å². The van der Waals surface area contributed by atoms with E-state index in [1.807, 2.05) is 19.1 Å². The molecule has 34 heavy (non-hydrogen) atoms. The zero-order valence-corrected chi connectivity index (χ0v) is 20.6. The molecule has 0 spiro atoms. The molecule has 1 aliphatic heterocycles. The van der Waals surface area contributed by atoms with Crippen molar-refractivity contribution in [1.82, 2.24) is 14.5 Å². The van der Waals surface area contributed by atoms with Crippen LogP contribution in [0.15, 0.2) is 47.4 Å². The molecule has 9 nitrogen and oxygen atoms in total. The topological polar surface area (TPSA) is 105 Å². The minimum Gasteiger partial charge on any atom is -0.493 e. The molecular weight excluding hydrogens is 458 g/mol. The van der Waals surface area contributed by atoms with Crippen molar-refractivity contribution in [2.45, 2.75) is 31.1 Å². The van der Waals surface area contributed by atoms with Crippen molar-refractivity contribution in [3.63, 3.8) is 0 Å². The molecule has 1 fully saturated rings. The van der Waals surface area contributed by atoms with Gasteiger partial charge in [0.25, 0.3) is 10.0 Å². The van der Waals surface area contributed by atoms with E-state index in [9.17, 15) is 18.0 Å². The third-order valence-corrected chi connectivity index (χ3v) is 7.40. The first-order valence-corrected chi connectivity index (χ1v) is 12.6. The molecule has 0 bridgehead atoms.